The van der Waals surface area contributed by atoms with E-state index in [2.05, 4.69) is 33.4 Å². The minimum atomic E-state index is -0.241. The molecule has 0 aliphatic carbocycles. The Hall–Kier alpha value is -2.92. The molecule has 2 amide bonds. The summed E-state index contributed by atoms with van der Waals surface area (Å²) in [6.07, 6.45) is 1.63. The maximum Gasteiger partial charge on any atom is 0.254 e. The molecule has 0 fully saturated rings. The van der Waals surface area contributed by atoms with Gasteiger partial charge < -0.3 is 10.2 Å². The first-order valence-corrected chi connectivity index (χ1v) is 10.3. The molecule has 4 nitrogen and oxygen atoms in total. The summed E-state index contributed by atoms with van der Waals surface area (Å²) in [5.41, 5.74) is 3.54. The van der Waals surface area contributed by atoms with E-state index in [9.17, 15) is 9.59 Å². The lowest BCUT2D eigenvalue weighted by Crippen LogP contribution is -2.35. The zero-order valence-corrected chi connectivity index (χ0v) is 17.9. The van der Waals surface area contributed by atoms with Crippen LogP contribution in [0.4, 0.5) is 5.69 Å². The smallest absolute Gasteiger partial charge is 0.254 e. The summed E-state index contributed by atoms with van der Waals surface area (Å²) in [5, 5.41) is 2.83. The van der Waals surface area contributed by atoms with Gasteiger partial charge in [0.05, 0.1) is 12.2 Å². The van der Waals surface area contributed by atoms with E-state index >= 15 is 0 Å². The Bertz CT molecular complexity index is 989. The van der Waals surface area contributed by atoms with Crippen LogP contribution >= 0.6 is 15.9 Å². The van der Waals surface area contributed by atoms with Crippen molar-refractivity contribution in [3.8, 4) is 0 Å². The van der Waals surface area contributed by atoms with Crippen molar-refractivity contribution in [2.75, 3.05) is 18.9 Å². The number of carbonyl (C=O) groups is 2. The van der Waals surface area contributed by atoms with Gasteiger partial charge in [-0.2, -0.15) is 0 Å². The summed E-state index contributed by atoms with van der Waals surface area (Å²) in [5.74, 6) is -0.398. The standard InChI is InChI=1S/C24H23BrN2O2/c1-27(17-23(28)26-22-14-8-7-13-21(22)25)24(29)20-12-6-5-11-19(20)16-15-18-9-3-2-4-10-18/h2-14H,15-17H2,1H3,(H,26,28). The van der Waals surface area contributed by atoms with E-state index in [4.69, 9.17) is 0 Å². The summed E-state index contributed by atoms with van der Waals surface area (Å²) in [6, 6.07) is 25.2. The first kappa shape index (κ1) is 20.8. The van der Waals surface area contributed by atoms with Gasteiger partial charge in [0.1, 0.15) is 0 Å². The average Bonchev–Trinajstić information content (AvgIpc) is 2.74. The van der Waals surface area contributed by atoms with Crippen LogP contribution in [0.2, 0.25) is 0 Å². The van der Waals surface area contributed by atoms with Gasteiger partial charge in [-0.1, -0.05) is 60.7 Å². The van der Waals surface area contributed by atoms with Gasteiger partial charge in [0.15, 0.2) is 0 Å². The molecule has 0 saturated carbocycles. The number of hydrogen-bond acceptors (Lipinski definition) is 2. The van der Waals surface area contributed by atoms with Crippen molar-refractivity contribution in [1.82, 2.24) is 4.90 Å². The molecular formula is C24H23BrN2O2. The van der Waals surface area contributed by atoms with E-state index in [1.54, 1.807) is 7.05 Å². The van der Waals surface area contributed by atoms with Crippen LogP contribution in [-0.2, 0) is 17.6 Å². The highest BCUT2D eigenvalue weighted by molar-refractivity contribution is 9.10. The maximum absolute atomic E-state index is 13.0. The third-order valence-corrected chi connectivity index (χ3v) is 5.34. The molecule has 0 atom stereocenters. The molecule has 0 spiro atoms. The summed E-state index contributed by atoms with van der Waals surface area (Å²) in [7, 11) is 1.65. The number of para-hydroxylation sites is 1. The Morgan fingerprint density at radius 2 is 1.52 bits per heavy atom. The zero-order chi connectivity index (χ0) is 20.6. The highest BCUT2D eigenvalue weighted by atomic mass is 79.9. The number of anilines is 1. The minimum absolute atomic E-state index is 0.0206. The third-order valence-electron chi connectivity index (χ3n) is 4.65. The number of nitrogens with zero attached hydrogens (tertiary/aromatic N) is 1. The predicted molar refractivity (Wildman–Crippen MR) is 120 cm³/mol. The number of hydrogen-bond donors (Lipinski definition) is 1. The van der Waals surface area contributed by atoms with Crippen LogP contribution in [0, 0.1) is 0 Å². The molecule has 148 valence electrons. The molecule has 0 unspecified atom stereocenters. The number of carbonyl (C=O) groups excluding carboxylic acids is 2. The molecular weight excluding hydrogens is 428 g/mol. The van der Waals surface area contributed by atoms with Crippen LogP contribution < -0.4 is 5.32 Å². The molecule has 0 bridgehead atoms. The van der Waals surface area contributed by atoms with Crippen LogP contribution in [0.1, 0.15) is 21.5 Å². The van der Waals surface area contributed by atoms with Gasteiger partial charge in [-0.25, -0.2) is 0 Å². The second kappa shape index (κ2) is 10.0. The van der Waals surface area contributed by atoms with Gasteiger partial charge >= 0.3 is 0 Å². The first-order valence-electron chi connectivity index (χ1n) is 9.46. The van der Waals surface area contributed by atoms with Crippen LogP contribution in [0.25, 0.3) is 0 Å². The summed E-state index contributed by atoms with van der Waals surface area (Å²) < 4.78 is 0.800. The van der Waals surface area contributed by atoms with Crippen LogP contribution in [0.3, 0.4) is 0 Å². The van der Waals surface area contributed by atoms with Crippen molar-refractivity contribution in [1.29, 1.82) is 0 Å². The van der Waals surface area contributed by atoms with Crippen molar-refractivity contribution < 1.29 is 9.59 Å². The average molecular weight is 451 g/mol. The molecule has 3 aromatic rings. The summed E-state index contributed by atoms with van der Waals surface area (Å²) in [6.45, 7) is -0.0206. The molecule has 0 aromatic heterocycles. The fourth-order valence-corrected chi connectivity index (χ4v) is 3.50. The van der Waals surface area contributed by atoms with E-state index in [0.717, 1.165) is 22.9 Å². The van der Waals surface area contributed by atoms with E-state index < -0.39 is 0 Å². The molecule has 1 N–H and O–H groups in total. The Balaban J connectivity index is 1.64. The summed E-state index contributed by atoms with van der Waals surface area (Å²) in [4.78, 5) is 26.8. The Labute approximate surface area is 179 Å². The van der Waals surface area contributed by atoms with Crippen LogP contribution in [0.5, 0.6) is 0 Å². The minimum Gasteiger partial charge on any atom is -0.332 e. The lowest BCUT2D eigenvalue weighted by atomic mass is 9.99. The van der Waals surface area contributed by atoms with Crippen molar-refractivity contribution in [3.05, 3.63) is 100 Å². The Morgan fingerprint density at radius 1 is 0.862 bits per heavy atom. The van der Waals surface area contributed by atoms with Crippen molar-refractivity contribution >= 4 is 33.4 Å². The van der Waals surface area contributed by atoms with Gasteiger partial charge in [-0.15, -0.1) is 0 Å². The SMILES string of the molecule is CN(CC(=O)Nc1ccccc1Br)C(=O)c1ccccc1CCc1ccccc1. The predicted octanol–water partition coefficient (Wildman–Crippen LogP) is 4.95. The molecule has 3 rings (SSSR count). The second-order valence-corrected chi connectivity index (χ2v) is 7.69. The topological polar surface area (TPSA) is 49.4 Å². The molecule has 5 heteroatoms. The van der Waals surface area contributed by atoms with E-state index in [1.807, 2.05) is 66.7 Å². The highest BCUT2D eigenvalue weighted by Gasteiger charge is 2.18. The van der Waals surface area contributed by atoms with Gasteiger partial charge in [0.2, 0.25) is 5.91 Å². The van der Waals surface area contributed by atoms with Crippen LogP contribution in [0.15, 0.2) is 83.3 Å². The van der Waals surface area contributed by atoms with Gasteiger partial charge in [-0.05, 0) is 58.1 Å². The lowest BCUT2D eigenvalue weighted by molar-refractivity contribution is -0.116. The van der Waals surface area contributed by atoms with Crippen LogP contribution in [-0.4, -0.2) is 30.3 Å². The monoisotopic (exact) mass is 450 g/mol. The van der Waals surface area contributed by atoms with Gasteiger partial charge in [0, 0.05) is 17.1 Å². The fraction of sp³-hybridized carbons (Fsp3) is 0.167. The summed E-state index contributed by atoms with van der Waals surface area (Å²) >= 11 is 3.41. The van der Waals surface area contributed by atoms with Crippen molar-refractivity contribution in [2.45, 2.75) is 12.8 Å². The second-order valence-electron chi connectivity index (χ2n) is 6.83. The molecule has 29 heavy (non-hydrogen) atoms. The number of nitrogens with one attached hydrogen (secondary N) is 1. The number of benzene rings is 3. The Kier molecular flexibility index (Phi) is 7.19. The first-order chi connectivity index (χ1) is 14.0. The highest BCUT2D eigenvalue weighted by Crippen LogP contribution is 2.21. The molecule has 0 saturated heterocycles. The molecule has 0 radical (unpaired) electrons. The largest absolute Gasteiger partial charge is 0.332 e. The van der Waals surface area contributed by atoms with Gasteiger partial charge in [0.25, 0.3) is 5.91 Å². The third kappa shape index (κ3) is 5.78. The molecule has 3 aromatic carbocycles. The van der Waals surface area contributed by atoms with E-state index in [0.29, 0.717) is 11.3 Å². The number of amides is 2. The quantitative estimate of drug-likeness (QED) is 0.553. The molecule has 0 aliphatic heterocycles. The zero-order valence-electron chi connectivity index (χ0n) is 16.3. The fourth-order valence-electron chi connectivity index (χ4n) is 3.12. The number of aryl methyl sites for hydroxylation is 2. The number of rotatable bonds is 7. The number of halogens is 1. The Morgan fingerprint density at radius 3 is 2.28 bits per heavy atom. The van der Waals surface area contributed by atoms with Gasteiger partial charge in [-0.3, -0.25) is 9.59 Å². The maximum atomic E-state index is 13.0. The molecule has 0 aliphatic rings. The number of likely N-dealkylation sites (N-methyl/N-ethyl adjacent to an activating group) is 1. The lowest BCUT2D eigenvalue weighted by Gasteiger charge is -2.19. The van der Waals surface area contributed by atoms with Crippen molar-refractivity contribution in [2.24, 2.45) is 0 Å². The van der Waals surface area contributed by atoms with Crippen molar-refractivity contribution in [3.63, 3.8) is 0 Å². The normalized spacial score (nSPS) is 10.4. The van der Waals surface area contributed by atoms with E-state index in [1.165, 1.54) is 10.5 Å². The van der Waals surface area contributed by atoms with E-state index in [-0.39, 0.29) is 18.4 Å². The molecule has 0 heterocycles.